The van der Waals surface area contributed by atoms with Crippen molar-refractivity contribution in [1.29, 1.82) is 0 Å². The summed E-state index contributed by atoms with van der Waals surface area (Å²) >= 11 is 0. The predicted molar refractivity (Wildman–Crippen MR) is 133 cm³/mol. The number of para-hydroxylation sites is 2. The van der Waals surface area contributed by atoms with Crippen LogP contribution in [0.3, 0.4) is 0 Å². The molecule has 10 heteroatoms. The molecule has 0 aliphatic heterocycles. The zero-order valence-corrected chi connectivity index (χ0v) is 20.7. The van der Waals surface area contributed by atoms with Crippen LogP contribution in [0.4, 0.5) is 11.4 Å². The number of carbonyl (C=O) groups is 1. The minimum absolute atomic E-state index is 0.0988. The molecule has 0 atom stereocenters. The van der Waals surface area contributed by atoms with Gasteiger partial charge in [0.05, 0.1) is 42.9 Å². The van der Waals surface area contributed by atoms with Crippen molar-refractivity contribution in [1.82, 2.24) is 4.57 Å². The van der Waals surface area contributed by atoms with Crippen LogP contribution in [0.2, 0.25) is 0 Å². The summed E-state index contributed by atoms with van der Waals surface area (Å²) in [4.78, 5) is 14.2. The third-order valence-electron chi connectivity index (χ3n) is 5.43. The minimum Gasteiger partial charge on any atom is -0.492 e. The van der Waals surface area contributed by atoms with Gasteiger partial charge in [0.2, 0.25) is 10.0 Å². The Balaban J connectivity index is 1.77. The molecule has 0 saturated heterocycles. The summed E-state index contributed by atoms with van der Waals surface area (Å²) in [6.07, 6.45) is 1.10. The monoisotopic (exact) mass is 489 g/mol. The first kappa shape index (κ1) is 25.4. The topological polar surface area (TPSA) is 110 Å². The molecule has 0 bridgehead atoms. The largest absolute Gasteiger partial charge is 0.492 e. The minimum atomic E-state index is -3.45. The molecular weight excluding hydrogens is 458 g/mol. The second-order valence-electron chi connectivity index (χ2n) is 7.88. The number of esters is 1. The highest BCUT2D eigenvalue weighted by atomic mass is 32.2. The van der Waals surface area contributed by atoms with E-state index in [-0.39, 0.29) is 12.6 Å². The highest BCUT2D eigenvalue weighted by Gasteiger charge is 2.20. The van der Waals surface area contributed by atoms with E-state index in [1.54, 1.807) is 35.8 Å². The van der Waals surface area contributed by atoms with Gasteiger partial charge in [0.15, 0.2) is 0 Å². The van der Waals surface area contributed by atoms with E-state index in [4.69, 9.17) is 9.47 Å². The summed E-state index contributed by atoms with van der Waals surface area (Å²) in [5.74, 6) is 0.275. The van der Waals surface area contributed by atoms with Crippen LogP contribution in [-0.4, -0.2) is 63.2 Å². The number of aromatic nitrogens is 1. The van der Waals surface area contributed by atoms with Crippen molar-refractivity contribution in [2.75, 3.05) is 48.8 Å². The van der Waals surface area contributed by atoms with Crippen LogP contribution in [0, 0.1) is 6.92 Å². The van der Waals surface area contributed by atoms with Crippen LogP contribution in [0.25, 0.3) is 10.9 Å². The Labute approximate surface area is 199 Å². The Bertz CT molecular complexity index is 1270. The van der Waals surface area contributed by atoms with Gasteiger partial charge < -0.3 is 24.0 Å². The van der Waals surface area contributed by atoms with Gasteiger partial charge in [-0.2, -0.15) is 0 Å². The second-order valence-corrected chi connectivity index (χ2v) is 9.63. The number of fused-ring (bicyclic) bond motifs is 1. The van der Waals surface area contributed by atoms with Gasteiger partial charge in [0.25, 0.3) is 0 Å². The fraction of sp³-hybridized carbons (Fsp3) is 0.375. The molecule has 2 N–H and O–H groups in total. The Kier molecular flexibility index (Phi) is 8.06. The number of hydrogen-bond donors (Lipinski definition) is 2. The first-order chi connectivity index (χ1) is 16.2. The SMILES string of the molecule is CCOC(=O)c1c(C)c2ccc(OCCN(CCO)c3ccccc3NS(C)(=O)=O)cc2n1C. The molecule has 184 valence electrons. The van der Waals surface area contributed by atoms with E-state index in [0.717, 1.165) is 22.7 Å². The number of nitrogens with one attached hydrogen (secondary N) is 1. The molecule has 0 aliphatic carbocycles. The quantitative estimate of drug-likeness (QED) is 0.399. The molecule has 0 radical (unpaired) electrons. The third-order valence-corrected chi connectivity index (χ3v) is 6.02. The molecule has 0 aliphatic rings. The number of nitrogens with zero attached hydrogens (tertiary/aromatic N) is 2. The van der Waals surface area contributed by atoms with Gasteiger partial charge in [-0.1, -0.05) is 12.1 Å². The van der Waals surface area contributed by atoms with Crippen molar-refractivity contribution < 1.29 is 27.8 Å². The number of benzene rings is 2. The average molecular weight is 490 g/mol. The molecule has 2 aromatic carbocycles. The number of aliphatic hydroxyl groups is 1. The lowest BCUT2D eigenvalue weighted by atomic mass is 10.1. The van der Waals surface area contributed by atoms with E-state index in [2.05, 4.69) is 4.72 Å². The van der Waals surface area contributed by atoms with Crippen LogP contribution in [0.5, 0.6) is 5.75 Å². The highest BCUT2D eigenvalue weighted by molar-refractivity contribution is 7.92. The predicted octanol–water partition coefficient (Wildman–Crippen LogP) is 2.91. The number of ether oxygens (including phenoxy) is 2. The first-order valence-corrected chi connectivity index (χ1v) is 12.9. The number of sulfonamides is 1. The van der Waals surface area contributed by atoms with Gasteiger partial charge in [0.1, 0.15) is 18.1 Å². The molecule has 1 aromatic heterocycles. The number of aliphatic hydroxyl groups excluding tert-OH is 1. The van der Waals surface area contributed by atoms with Gasteiger partial charge in [0, 0.05) is 25.0 Å². The normalized spacial score (nSPS) is 11.4. The lowest BCUT2D eigenvalue weighted by molar-refractivity contribution is 0.0515. The maximum Gasteiger partial charge on any atom is 0.355 e. The summed E-state index contributed by atoms with van der Waals surface area (Å²) in [5, 5.41) is 10.5. The van der Waals surface area contributed by atoms with Crippen LogP contribution in [-0.2, 0) is 21.8 Å². The van der Waals surface area contributed by atoms with Crippen molar-refractivity contribution in [2.24, 2.45) is 7.05 Å². The second kappa shape index (κ2) is 10.8. The van der Waals surface area contributed by atoms with Gasteiger partial charge >= 0.3 is 5.97 Å². The standard InChI is InChI=1S/C24H31N3O6S/c1-5-32-24(29)23-17(2)19-11-10-18(16-22(19)26(23)3)33-15-13-27(12-14-28)21-9-7-6-8-20(21)25-34(4,30)31/h6-11,16,25,28H,5,12-15H2,1-4H3. The maximum absolute atomic E-state index is 12.4. The number of anilines is 2. The van der Waals surface area contributed by atoms with Crippen molar-refractivity contribution in [3.63, 3.8) is 0 Å². The third kappa shape index (κ3) is 5.81. The van der Waals surface area contributed by atoms with E-state index < -0.39 is 10.0 Å². The molecule has 0 fully saturated rings. The number of rotatable bonds is 11. The molecule has 3 rings (SSSR count). The van der Waals surface area contributed by atoms with Crippen LogP contribution in [0.1, 0.15) is 23.0 Å². The maximum atomic E-state index is 12.4. The zero-order chi connectivity index (χ0) is 24.9. The zero-order valence-electron chi connectivity index (χ0n) is 19.9. The van der Waals surface area contributed by atoms with Crippen molar-refractivity contribution in [3.05, 3.63) is 53.7 Å². The smallest absolute Gasteiger partial charge is 0.355 e. The molecule has 34 heavy (non-hydrogen) atoms. The fourth-order valence-corrected chi connectivity index (χ4v) is 4.54. The van der Waals surface area contributed by atoms with E-state index in [1.165, 1.54) is 0 Å². The average Bonchev–Trinajstić information content (AvgIpc) is 3.02. The van der Waals surface area contributed by atoms with Crippen molar-refractivity contribution >= 4 is 38.3 Å². The van der Waals surface area contributed by atoms with Crippen LogP contribution < -0.4 is 14.4 Å². The lowest BCUT2D eigenvalue weighted by Crippen LogP contribution is -2.32. The highest BCUT2D eigenvalue weighted by Crippen LogP contribution is 2.29. The number of aryl methyl sites for hydroxylation is 2. The van der Waals surface area contributed by atoms with E-state index in [9.17, 15) is 18.3 Å². The molecule has 0 saturated carbocycles. The number of hydrogen-bond acceptors (Lipinski definition) is 7. The van der Waals surface area contributed by atoms with Crippen LogP contribution in [0.15, 0.2) is 42.5 Å². The van der Waals surface area contributed by atoms with E-state index in [1.807, 2.05) is 37.1 Å². The summed E-state index contributed by atoms with van der Waals surface area (Å²) < 4.78 is 39.0. The van der Waals surface area contributed by atoms with Gasteiger partial charge in [-0.05, 0) is 43.7 Å². The fourth-order valence-electron chi connectivity index (χ4n) is 3.97. The van der Waals surface area contributed by atoms with Crippen molar-refractivity contribution in [3.8, 4) is 5.75 Å². The molecule has 3 aromatic rings. The first-order valence-electron chi connectivity index (χ1n) is 11.0. The summed E-state index contributed by atoms with van der Waals surface area (Å²) in [7, 11) is -1.63. The Morgan fingerprint density at radius 3 is 2.59 bits per heavy atom. The molecule has 0 spiro atoms. The van der Waals surface area contributed by atoms with Gasteiger partial charge in [-0.15, -0.1) is 0 Å². The van der Waals surface area contributed by atoms with Gasteiger partial charge in [-0.3, -0.25) is 4.72 Å². The number of carbonyl (C=O) groups excluding carboxylic acids is 1. The van der Waals surface area contributed by atoms with Crippen molar-refractivity contribution in [2.45, 2.75) is 13.8 Å². The molecule has 0 unspecified atom stereocenters. The van der Waals surface area contributed by atoms with Gasteiger partial charge in [-0.25, -0.2) is 13.2 Å². The summed E-state index contributed by atoms with van der Waals surface area (Å²) in [6, 6.07) is 12.7. The molecule has 0 amide bonds. The molecule has 1 heterocycles. The van der Waals surface area contributed by atoms with Crippen LogP contribution >= 0.6 is 0 Å². The lowest BCUT2D eigenvalue weighted by Gasteiger charge is -2.26. The molecule has 9 nitrogen and oxygen atoms in total. The molecular formula is C24H31N3O6S. The Morgan fingerprint density at radius 2 is 1.91 bits per heavy atom. The summed E-state index contributed by atoms with van der Waals surface area (Å²) in [6.45, 7) is 4.90. The Morgan fingerprint density at radius 1 is 1.18 bits per heavy atom. The van der Waals surface area contributed by atoms with E-state index >= 15 is 0 Å². The Hall–Kier alpha value is -3.24. The van der Waals surface area contributed by atoms with E-state index in [0.29, 0.717) is 49.1 Å². The summed E-state index contributed by atoms with van der Waals surface area (Å²) in [5.41, 5.74) is 3.31.